The van der Waals surface area contributed by atoms with Crippen LogP contribution in [-0.2, 0) is 9.53 Å². The van der Waals surface area contributed by atoms with Crippen LogP contribution in [0.2, 0.25) is 0 Å². The molecule has 112 valence electrons. The summed E-state index contributed by atoms with van der Waals surface area (Å²) in [6, 6.07) is 7.24. The predicted molar refractivity (Wildman–Crippen MR) is 82.1 cm³/mol. The van der Waals surface area contributed by atoms with Crippen LogP contribution in [0.15, 0.2) is 33.2 Å². The van der Waals surface area contributed by atoms with Crippen molar-refractivity contribution in [3.05, 3.63) is 34.5 Å². The van der Waals surface area contributed by atoms with Crippen molar-refractivity contribution in [3.8, 4) is 0 Å². The molecule has 0 aliphatic heterocycles. The largest absolute Gasteiger partial charge is 0.463 e. The van der Waals surface area contributed by atoms with E-state index in [1.807, 2.05) is 18.2 Å². The number of halogens is 1. The highest BCUT2D eigenvalue weighted by Gasteiger charge is 2.14. The van der Waals surface area contributed by atoms with Gasteiger partial charge in [-0.1, -0.05) is 12.1 Å². The Morgan fingerprint density at radius 3 is 2.81 bits per heavy atom. The average molecular weight is 354 g/mol. The highest BCUT2D eigenvalue weighted by atomic mass is 79.9. The quantitative estimate of drug-likeness (QED) is 0.837. The Balaban J connectivity index is 1.93. The maximum absolute atomic E-state index is 12.0. The lowest BCUT2D eigenvalue weighted by Gasteiger charge is -2.07. The monoisotopic (exact) mass is 353 g/mol. The summed E-state index contributed by atoms with van der Waals surface area (Å²) in [7, 11) is 0. The number of fused-ring (bicyclic) bond motifs is 1. The van der Waals surface area contributed by atoms with Crippen molar-refractivity contribution >= 4 is 38.8 Å². The molecule has 0 radical (unpaired) electrons. The smallest absolute Gasteiger partial charge is 0.307 e. The van der Waals surface area contributed by atoms with Crippen molar-refractivity contribution in [1.29, 1.82) is 0 Å². The molecule has 0 saturated heterocycles. The third-order valence-electron chi connectivity index (χ3n) is 2.70. The molecule has 1 N–H and O–H groups in total. The Morgan fingerprint density at radius 1 is 1.38 bits per heavy atom. The Morgan fingerprint density at radius 2 is 2.14 bits per heavy atom. The zero-order chi connectivity index (χ0) is 15.4. The lowest BCUT2D eigenvalue weighted by atomic mass is 10.2. The molecule has 0 unspecified atom stereocenters. The zero-order valence-electron chi connectivity index (χ0n) is 11.8. The number of para-hydroxylation sites is 1. The molecule has 0 saturated carbocycles. The molecule has 0 atom stereocenters. The minimum absolute atomic E-state index is 0.133. The van der Waals surface area contributed by atoms with E-state index in [9.17, 15) is 9.59 Å². The summed E-state index contributed by atoms with van der Waals surface area (Å²) in [6.07, 6.45) is -0.0191. The molecule has 21 heavy (non-hydrogen) atoms. The molecule has 1 aromatic carbocycles. The fraction of sp³-hybridized carbons (Fsp3) is 0.333. The van der Waals surface area contributed by atoms with Gasteiger partial charge in [0.1, 0.15) is 5.58 Å². The summed E-state index contributed by atoms with van der Waals surface area (Å²) < 4.78 is 11.3. The van der Waals surface area contributed by atoms with Gasteiger partial charge in [-0.3, -0.25) is 9.59 Å². The van der Waals surface area contributed by atoms with Crippen LogP contribution in [0.3, 0.4) is 0 Å². The number of furan rings is 1. The van der Waals surface area contributed by atoms with Crippen LogP contribution in [0.25, 0.3) is 11.0 Å². The van der Waals surface area contributed by atoms with Gasteiger partial charge < -0.3 is 14.5 Å². The van der Waals surface area contributed by atoms with Crippen LogP contribution in [-0.4, -0.2) is 24.5 Å². The van der Waals surface area contributed by atoms with Gasteiger partial charge in [-0.2, -0.15) is 0 Å². The van der Waals surface area contributed by atoms with Crippen molar-refractivity contribution in [2.24, 2.45) is 0 Å². The van der Waals surface area contributed by atoms with Gasteiger partial charge >= 0.3 is 5.97 Å². The average Bonchev–Trinajstić information content (AvgIpc) is 2.83. The van der Waals surface area contributed by atoms with E-state index in [1.165, 1.54) is 0 Å². The van der Waals surface area contributed by atoms with E-state index in [0.717, 1.165) is 9.86 Å². The minimum atomic E-state index is -0.351. The highest BCUT2D eigenvalue weighted by molar-refractivity contribution is 9.10. The number of amides is 1. The standard InChI is InChI=1S/C15H16BrNO4/c1-9(2)20-13(18)6-7-17-15(19)12-8-10-4-3-5-11(16)14(10)21-12/h3-5,8-9H,6-7H2,1-2H3,(H,17,19). The van der Waals surface area contributed by atoms with E-state index in [1.54, 1.807) is 19.9 Å². The lowest BCUT2D eigenvalue weighted by molar-refractivity contribution is -0.147. The van der Waals surface area contributed by atoms with Crippen LogP contribution >= 0.6 is 15.9 Å². The van der Waals surface area contributed by atoms with E-state index >= 15 is 0 Å². The normalized spacial score (nSPS) is 10.9. The number of rotatable bonds is 5. The topological polar surface area (TPSA) is 68.5 Å². The molecule has 0 spiro atoms. The summed E-state index contributed by atoms with van der Waals surface area (Å²) in [5.41, 5.74) is 0.627. The van der Waals surface area contributed by atoms with Gasteiger partial charge in [-0.25, -0.2) is 0 Å². The summed E-state index contributed by atoms with van der Waals surface area (Å²) in [6.45, 7) is 3.77. The fourth-order valence-electron chi connectivity index (χ4n) is 1.83. The first-order valence-corrected chi connectivity index (χ1v) is 7.42. The van der Waals surface area contributed by atoms with Crippen LogP contribution < -0.4 is 5.32 Å². The van der Waals surface area contributed by atoms with Crippen molar-refractivity contribution in [1.82, 2.24) is 5.32 Å². The Kier molecular flexibility index (Phi) is 5.01. The second-order valence-corrected chi connectivity index (χ2v) is 5.67. The maximum Gasteiger partial charge on any atom is 0.307 e. The van der Waals surface area contributed by atoms with E-state index in [4.69, 9.17) is 9.15 Å². The van der Waals surface area contributed by atoms with E-state index in [0.29, 0.717) is 5.58 Å². The second kappa shape index (κ2) is 6.76. The third-order valence-corrected chi connectivity index (χ3v) is 3.33. The Hall–Kier alpha value is -1.82. The van der Waals surface area contributed by atoms with E-state index in [2.05, 4.69) is 21.2 Å². The predicted octanol–water partition coefficient (Wildman–Crippen LogP) is 3.27. The Labute approximate surface area is 130 Å². The molecule has 0 bridgehead atoms. The van der Waals surface area contributed by atoms with Gasteiger partial charge in [0.2, 0.25) is 0 Å². The first-order chi connectivity index (χ1) is 9.97. The van der Waals surface area contributed by atoms with Gasteiger partial charge in [0.25, 0.3) is 5.91 Å². The zero-order valence-corrected chi connectivity index (χ0v) is 13.4. The summed E-state index contributed by atoms with van der Waals surface area (Å²) in [5.74, 6) is -0.470. The van der Waals surface area contributed by atoms with Gasteiger partial charge in [-0.15, -0.1) is 0 Å². The molecule has 5 nitrogen and oxygen atoms in total. The van der Waals surface area contributed by atoms with Crippen molar-refractivity contribution in [3.63, 3.8) is 0 Å². The fourth-order valence-corrected chi connectivity index (χ4v) is 2.29. The van der Waals surface area contributed by atoms with Gasteiger partial charge in [-0.05, 0) is 41.9 Å². The number of esters is 1. The van der Waals surface area contributed by atoms with Crippen LogP contribution in [0.5, 0.6) is 0 Å². The highest BCUT2D eigenvalue weighted by Crippen LogP contribution is 2.26. The molecule has 1 heterocycles. The van der Waals surface area contributed by atoms with Gasteiger partial charge in [0.05, 0.1) is 17.0 Å². The molecule has 2 aromatic rings. The van der Waals surface area contributed by atoms with Crippen molar-refractivity contribution in [2.75, 3.05) is 6.54 Å². The third kappa shape index (κ3) is 4.07. The maximum atomic E-state index is 12.0. The van der Waals surface area contributed by atoms with E-state index < -0.39 is 0 Å². The molecule has 1 aromatic heterocycles. The summed E-state index contributed by atoms with van der Waals surface area (Å²) in [4.78, 5) is 23.3. The minimum Gasteiger partial charge on any atom is -0.463 e. The molecule has 0 fully saturated rings. The molecule has 1 amide bonds. The molecule has 0 aliphatic rings. The molecule has 6 heteroatoms. The number of hydrogen-bond acceptors (Lipinski definition) is 4. The second-order valence-electron chi connectivity index (χ2n) is 4.81. The number of benzene rings is 1. The first-order valence-electron chi connectivity index (χ1n) is 6.63. The van der Waals surface area contributed by atoms with Crippen molar-refractivity contribution in [2.45, 2.75) is 26.4 Å². The molecular weight excluding hydrogens is 338 g/mol. The number of ether oxygens (including phenoxy) is 1. The number of nitrogens with one attached hydrogen (secondary N) is 1. The molecule has 2 rings (SSSR count). The number of carbonyl (C=O) groups is 2. The number of hydrogen-bond donors (Lipinski definition) is 1. The van der Waals surface area contributed by atoms with Crippen molar-refractivity contribution < 1.29 is 18.7 Å². The summed E-state index contributed by atoms with van der Waals surface area (Å²) >= 11 is 3.37. The van der Waals surface area contributed by atoms with Gasteiger partial charge in [0, 0.05) is 11.9 Å². The van der Waals surface area contributed by atoms with Crippen LogP contribution in [0, 0.1) is 0 Å². The van der Waals surface area contributed by atoms with Crippen LogP contribution in [0.1, 0.15) is 30.8 Å². The summed E-state index contributed by atoms with van der Waals surface area (Å²) in [5, 5.41) is 3.48. The SMILES string of the molecule is CC(C)OC(=O)CCNC(=O)c1cc2cccc(Br)c2o1. The molecular formula is C15H16BrNO4. The lowest BCUT2D eigenvalue weighted by Crippen LogP contribution is -2.26. The van der Waals surface area contributed by atoms with E-state index in [-0.39, 0.29) is 36.7 Å². The molecule has 0 aliphatic carbocycles. The number of carbonyl (C=O) groups excluding carboxylic acids is 2. The van der Waals surface area contributed by atoms with Crippen LogP contribution in [0.4, 0.5) is 0 Å². The van der Waals surface area contributed by atoms with Gasteiger partial charge in [0.15, 0.2) is 5.76 Å². The Bertz CT molecular complexity index is 663. The first kappa shape index (κ1) is 15.6.